The molecule has 0 bridgehead atoms. The van der Waals surface area contributed by atoms with Gasteiger partial charge in [-0.15, -0.1) is 11.3 Å². The van der Waals surface area contributed by atoms with Crippen molar-refractivity contribution in [3.63, 3.8) is 0 Å². The second-order valence-electron chi connectivity index (χ2n) is 5.46. The SMILES string of the molecule is Cc1sc(Nc2cccc(C(=O)OC(=O)CN)c2)nc1-c1ccccc1. The predicted octanol–water partition coefficient (Wildman–Crippen LogP) is 3.50. The number of thiazole rings is 1. The molecule has 0 amide bonds. The number of nitrogens with one attached hydrogen (secondary N) is 1. The van der Waals surface area contributed by atoms with Crippen LogP contribution in [-0.4, -0.2) is 23.5 Å². The third-order valence-electron chi connectivity index (χ3n) is 3.57. The molecule has 0 fully saturated rings. The Bertz CT molecular complexity index is 938. The zero-order valence-corrected chi connectivity index (χ0v) is 14.9. The van der Waals surface area contributed by atoms with Crippen molar-refractivity contribution in [1.29, 1.82) is 0 Å². The summed E-state index contributed by atoms with van der Waals surface area (Å²) < 4.78 is 4.63. The van der Waals surface area contributed by atoms with Gasteiger partial charge in [0.05, 0.1) is 17.8 Å². The monoisotopic (exact) mass is 367 g/mol. The summed E-state index contributed by atoms with van der Waals surface area (Å²) in [4.78, 5) is 28.8. The third-order valence-corrected chi connectivity index (χ3v) is 4.45. The molecule has 3 N–H and O–H groups in total. The van der Waals surface area contributed by atoms with Crippen molar-refractivity contribution in [1.82, 2.24) is 4.98 Å². The molecule has 0 aliphatic rings. The number of anilines is 2. The van der Waals surface area contributed by atoms with E-state index in [2.05, 4.69) is 15.0 Å². The van der Waals surface area contributed by atoms with E-state index in [-0.39, 0.29) is 12.1 Å². The van der Waals surface area contributed by atoms with E-state index in [0.717, 1.165) is 16.1 Å². The van der Waals surface area contributed by atoms with Crippen LogP contribution in [0.4, 0.5) is 10.8 Å². The van der Waals surface area contributed by atoms with E-state index in [1.165, 1.54) is 11.3 Å². The lowest BCUT2D eigenvalue weighted by molar-refractivity contribution is -0.136. The van der Waals surface area contributed by atoms with Crippen LogP contribution in [0.1, 0.15) is 15.2 Å². The molecule has 0 aliphatic heterocycles. The maximum atomic E-state index is 11.9. The Morgan fingerprint density at radius 1 is 1.15 bits per heavy atom. The first kappa shape index (κ1) is 17.8. The van der Waals surface area contributed by atoms with Crippen LogP contribution in [0.5, 0.6) is 0 Å². The molecule has 0 spiro atoms. The highest BCUT2D eigenvalue weighted by molar-refractivity contribution is 7.16. The van der Waals surface area contributed by atoms with Crippen molar-refractivity contribution in [2.24, 2.45) is 5.73 Å². The van der Waals surface area contributed by atoms with Crippen molar-refractivity contribution in [2.45, 2.75) is 6.92 Å². The van der Waals surface area contributed by atoms with E-state index in [4.69, 9.17) is 5.73 Å². The summed E-state index contributed by atoms with van der Waals surface area (Å²) in [5, 5.41) is 3.90. The number of hydrogen-bond acceptors (Lipinski definition) is 7. The zero-order chi connectivity index (χ0) is 18.5. The van der Waals surface area contributed by atoms with Crippen LogP contribution in [0.15, 0.2) is 54.6 Å². The lowest BCUT2D eigenvalue weighted by Crippen LogP contribution is -2.20. The molecular formula is C19H17N3O3S. The first-order chi connectivity index (χ1) is 12.6. The molecule has 1 aromatic heterocycles. The lowest BCUT2D eigenvalue weighted by Gasteiger charge is -2.05. The van der Waals surface area contributed by atoms with Gasteiger partial charge in [-0.25, -0.2) is 9.78 Å². The summed E-state index contributed by atoms with van der Waals surface area (Å²) in [6.45, 7) is 1.67. The van der Waals surface area contributed by atoms with Gasteiger partial charge in [-0.2, -0.15) is 0 Å². The highest BCUT2D eigenvalue weighted by atomic mass is 32.1. The topological polar surface area (TPSA) is 94.3 Å². The van der Waals surface area contributed by atoms with E-state index in [9.17, 15) is 9.59 Å². The number of carbonyl (C=O) groups is 2. The molecule has 0 unspecified atom stereocenters. The van der Waals surface area contributed by atoms with Gasteiger partial charge in [0.1, 0.15) is 0 Å². The number of carbonyl (C=O) groups excluding carboxylic acids is 2. The fourth-order valence-corrected chi connectivity index (χ4v) is 3.22. The standard InChI is InChI=1S/C19H17N3O3S/c1-12-17(13-6-3-2-4-7-13)22-19(26-12)21-15-9-5-8-14(10-15)18(24)25-16(23)11-20/h2-10H,11,20H2,1H3,(H,21,22). The van der Waals surface area contributed by atoms with Crippen LogP contribution in [-0.2, 0) is 9.53 Å². The number of aromatic nitrogens is 1. The first-order valence-electron chi connectivity index (χ1n) is 7.92. The molecule has 6 nitrogen and oxygen atoms in total. The molecule has 0 saturated heterocycles. The van der Waals surface area contributed by atoms with Gasteiger partial charge >= 0.3 is 11.9 Å². The van der Waals surface area contributed by atoms with Gasteiger partial charge in [0, 0.05) is 16.1 Å². The van der Waals surface area contributed by atoms with E-state index in [0.29, 0.717) is 10.8 Å². The quantitative estimate of drug-likeness (QED) is 0.529. The Hall–Kier alpha value is -3.03. The molecule has 0 aliphatic carbocycles. The Labute approximate surface area is 154 Å². The molecule has 3 aromatic rings. The third kappa shape index (κ3) is 4.14. The maximum absolute atomic E-state index is 11.9. The summed E-state index contributed by atoms with van der Waals surface area (Å²) in [5.74, 6) is -1.50. The molecule has 3 rings (SSSR count). The van der Waals surface area contributed by atoms with Crippen LogP contribution in [0.3, 0.4) is 0 Å². The van der Waals surface area contributed by atoms with Crippen LogP contribution < -0.4 is 11.1 Å². The van der Waals surface area contributed by atoms with Gasteiger partial charge in [0.25, 0.3) is 0 Å². The average Bonchev–Trinajstić information content (AvgIpc) is 3.02. The molecular weight excluding hydrogens is 350 g/mol. The van der Waals surface area contributed by atoms with E-state index in [1.54, 1.807) is 24.3 Å². The largest absolute Gasteiger partial charge is 0.388 e. The fraction of sp³-hybridized carbons (Fsp3) is 0.105. The van der Waals surface area contributed by atoms with E-state index in [1.807, 2.05) is 37.3 Å². The number of nitrogens with zero attached hydrogens (tertiary/aromatic N) is 1. The van der Waals surface area contributed by atoms with Gasteiger partial charge in [-0.3, -0.25) is 4.79 Å². The Morgan fingerprint density at radius 2 is 1.92 bits per heavy atom. The summed E-state index contributed by atoms with van der Waals surface area (Å²) in [6, 6.07) is 16.6. The molecule has 1 heterocycles. The number of aryl methyl sites for hydroxylation is 1. The molecule has 2 aromatic carbocycles. The minimum Gasteiger partial charge on any atom is -0.388 e. The normalized spacial score (nSPS) is 10.4. The predicted molar refractivity (Wildman–Crippen MR) is 101 cm³/mol. The summed E-state index contributed by atoms with van der Waals surface area (Å²) >= 11 is 1.52. The average molecular weight is 367 g/mol. The Kier molecular flexibility index (Phi) is 5.40. The van der Waals surface area contributed by atoms with Crippen LogP contribution in [0, 0.1) is 6.92 Å². The zero-order valence-electron chi connectivity index (χ0n) is 14.1. The molecule has 0 saturated carbocycles. The summed E-state index contributed by atoms with van der Waals surface area (Å²) in [7, 11) is 0. The number of ether oxygens (including phenoxy) is 1. The maximum Gasteiger partial charge on any atom is 0.345 e. The minimum atomic E-state index is -0.767. The lowest BCUT2D eigenvalue weighted by atomic mass is 10.1. The van der Waals surface area contributed by atoms with Crippen molar-refractivity contribution >= 4 is 34.1 Å². The number of hydrogen-bond donors (Lipinski definition) is 2. The highest BCUT2D eigenvalue weighted by Gasteiger charge is 2.13. The highest BCUT2D eigenvalue weighted by Crippen LogP contribution is 2.32. The minimum absolute atomic E-state index is 0.258. The van der Waals surface area contributed by atoms with Crippen LogP contribution >= 0.6 is 11.3 Å². The van der Waals surface area contributed by atoms with Gasteiger partial charge < -0.3 is 15.8 Å². The van der Waals surface area contributed by atoms with Crippen LogP contribution in [0.2, 0.25) is 0 Å². The number of rotatable bonds is 5. The van der Waals surface area contributed by atoms with E-state index < -0.39 is 11.9 Å². The van der Waals surface area contributed by atoms with Crippen molar-refractivity contribution in [3.05, 3.63) is 65.0 Å². The fourth-order valence-electron chi connectivity index (χ4n) is 2.37. The first-order valence-corrected chi connectivity index (χ1v) is 8.73. The number of nitrogens with two attached hydrogens (primary N) is 1. The molecule has 0 atom stereocenters. The number of esters is 2. The van der Waals surface area contributed by atoms with Crippen molar-refractivity contribution < 1.29 is 14.3 Å². The van der Waals surface area contributed by atoms with Gasteiger partial charge in [0.2, 0.25) is 0 Å². The second kappa shape index (κ2) is 7.90. The van der Waals surface area contributed by atoms with Crippen molar-refractivity contribution in [2.75, 3.05) is 11.9 Å². The second-order valence-corrected chi connectivity index (χ2v) is 6.66. The summed E-state index contributed by atoms with van der Waals surface area (Å²) in [5.41, 5.74) is 8.05. The molecule has 26 heavy (non-hydrogen) atoms. The molecule has 7 heteroatoms. The van der Waals surface area contributed by atoms with Crippen molar-refractivity contribution in [3.8, 4) is 11.3 Å². The van der Waals surface area contributed by atoms with E-state index >= 15 is 0 Å². The number of benzene rings is 2. The van der Waals surface area contributed by atoms with Gasteiger partial charge in [0.15, 0.2) is 5.13 Å². The molecule has 132 valence electrons. The Balaban J connectivity index is 1.79. The van der Waals surface area contributed by atoms with Gasteiger partial charge in [-0.05, 0) is 25.1 Å². The smallest absolute Gasteiger partial charge is 0.345 e. The Morgan fingerprint density at radius 3 is 2.65 bits per heavy atom. The summed E-state index contributed by atoms with van der Waals surface area (Å²) in [6.07, 6.45) is 0. The molecule has 0 radical (unpaired) electrons. The van der Waals surface area contributed by atoms with Gasteiger partial charge in [-0.1, -0.05) is 36.4 Å². The van der Waals surface area contributed by atoms with Crippen LogP contribution in [0.25, 0.3) is 11.3 Å².